The number of nitrogens with one attached hydrogen (secondary N) is 1. The molecule has 2 fully saturated rings. The van der Waals surface area contributed by atoms with Crippen molar-refractivity contribution < 1.29 is 4.39 Å². The van der Waals surface area contributed by atoms with Crippen LogP contribution in [0.15, 0.2) is 24.3 Å². The highest BCUT2D eigenvalue weighted by molar-refractivity contribution is 8.00. The van der Waals surface area contributed by atoms with E-state index in [1.165, 1.54) is 24.2 Å². The van der Waals surface area contributed by atoms with Crippen molar-refractivity contribution in [2.24, 2.45) is 5.41 Å². The molecule has 3 rings (SSSR count). The van der Waals surface area contributed by atoms with Crippen molar-refractivity contribution in [1.29, 1.82) is 0 Å². The van der Waals surface area contributed by atoms with Gasteiger partial charge < -0.3 is 5.32 Å². The normalized spacial score (nSPS) is 36.1. The van der Waals surface area contributed by atoms with E-state index in [0.717, 1.165) is 18.3 Å². The summed E-state index contributed by atoms with van der Waals surface area (Å²) in [4.78, 5) is 0. The van der Waals surface area contributed by atoms with Crippen LogP contribution < -0.4 is 5.32 Å². The molecule has 0 aliphatic carbocycles. The van der Waals surface area contributed by atoms with Crippen molar-refractivity contribution in [3.63, 3.8) is 0 Å². The van der Waals surface area contributed by atoms with Gasteiger partial charge in [-0.15, -0.1) is 0 Å². The Bertz CT molecular complexity index is 415. The minimum atomic E-state index is -0.134. The molecule has 3 unspecified atom stereocenters. The molecule has 98 valence electrons. The van der Waals surface area contributed by atoms with Crippen molar-refractivity contribution in [1.82, 2.24) is 5.32 Å². The first-order chi connectivity index (χ1) is 8.70. The van der Waals surface area contributed by atoms with Crippen LogP contribution in [0.4, 0.5) is 4.39 Å². The van der Waals surface area contributed by atoms with Crippen LogP contribution in [0.25, 0.3) is 0 Å². The Labute approximate surface area is 113 Å². The third-order valence-corrected chi connectivity index (χ3v) is 5.99. The molecule has 2 aliphatic rings. The van der Waals surface area contributed by atoms with E-state index < -0.39 is 0 Å². The molecule has 1 nitrogen and oxygen atoms in total. The second-order valence-electron chi connectivity index (χ2n) is 5.75. The summed E-state index contributed by atoms with van der Waals surface area (Å²) in [5, 5.41) is 4.28. The molecular formula is C15H20FNS. The minimum Gasteiger partial charge on any atom is -0.316 e. The Balaban J connectivity index is 1.90. The third-order valence-electron chi connectivity index (χ3n) is 4.51. The van der Waals surface area contributed by atoms with Crippen LogP contribution in [0.1, 0.15) is 31.2 Å². The monoisotopic (exact) mass is 265 g/mol. The first-order valence-corrected chi connectivity index (χ1v) is 7.82. The van der Waals surface area contributed by atoms with Crippen LogP contribution in [-0.2, 0) is 0 Å². The van der Waals surface area contributed by atoms with E-state index in [1.54, 1.807) is 12.1 Å². The lowest BCUT2D eigenvalue weighted by Gasteiger charge is -2.42. The molecule has 2 aliphatic heterocycles. The van der Waals surface area contributed by atoms with Gasteiger partial charge in [-0.25, -0.2) is 4.39 Å². The molecule has 1 aromatic carbocycles. The van der Waals surface area contributed by atoms with E-state index in [0.29, 0.717) is 11.3 Å². The van der Waals surface area contributed by atoms with E-state index in [9.17, 15) is 4.39 Å². The molecule has 3 heteroatoms. The lowest BCUT2D eigenvalue weighted by molar-refractivity contribution is 0.189. The van der Waals surface area contributed by atoms with Crippen molar-refractivity contribution in [2.75, 3.05) is 18.8 Å². The number of thioether (sulfide) groups is 1. The summed E-state index contributed by atoms with van der Waals surface area (Å²) in [5.74, 6) is 1.67. The first kappa shape index (κ1) is 12.5. The highest BCUT2D eigenvalue weighted by Crippen LogP contribution is 2.53. The van der Waals surface area contributed by atoms with Crippen molar-refractivity contribution >= 4 is 11.8 Å². The fourth-order valence-electron chi connectivity index (χ4n) is 3.56. The predicted molar refractivity (Wildman–Crippen MR) is 75.6 cm³/mol. The lowest BCUT2D eigenvalue weighted by atomic mass is 9.67. The molecule has 3 atom stereocenters. The second-order valence-corrected chi connectivity index (χ2v) is 7.17. The van der Waals surface area contributed by atoms with E-state index in [-0.39, 0.29) is 5.82 Å². The summed E-state index contributed by atoms with van der Waals surface area (Å²) in [6.07, 6.45) is 2.56. The summed E-state index contributed by atoms with van der Waals surface area (Å²) < 4.78 is 13.1. The van der Waals surface area contributed by atoms with Crippen molar-refractivity contribution in [3.8, 4) is 0 Å². The number of benzene rings is 1. The molecule has 2 heterocycles. The summed E-state index contributed by atoms with van der Waals surface area (Å²) in [6.45, 7) is 4.51. The van der Waals surface area contributed by atoms with Gasteiger partial charge >= 0.3 is 0 Å². The molecule has 0 radical (unpaired) electrons. The van der Waals surface area contributed by atoms with Gasteiger partial charge in [0.1, 0.15) is 5.82 Å². The van der Waals surface area contributed by atoms with Gasteiger partial charge in [-0.3, -0.25) is 0 Å². The Kier molecular flexibility index (Phi) is 3.37. The van der Waals surface area contributed by atoms with Gasteiger partial charge in [0.05, 0.1) is 0 Å². The van der Waals surface area contributed by atoms with Crippen molar-refractivity contribution in [2.45, 2.75) is 30.9 Å². The zero-order valence-corrected chi connectivity index (χ0v) is 11.6. The molecule has 1 N–H and O–H groups in total. The fourth-order valence-corrected chi connectivity index (χ4v) is 5.09. The molecule has 0 amide bonds. The number of hydrogen-bond donors (Lipinski definition) is 1. The predicted octanol–water partition coefficient (Wildman–Crippen LogP) is 3.41. The van der Waals surface area contributed by atoms with E-state index in [2.05, 4.69) is 24.0 Å². The van der Waals surface area contributed by atoms with E-state index in [1.807, 2.05) is 12.1 Å². The summed E-state index contributed by atoms with van der Waals surface area (Å²) in [5.41, 5.74) is 1.74. The fraction of sp³-hybridized carbons (Fsp3) is 0.600. The van der Waals surface area contributed by atoms with Gasteiger partial charge in [0.15, 0.2) is 0 Å². The maximum Gasteiger partial charge on any atom is 0.123 e. The van der Waals surface area contributed by atoms with Crippen LogP contribution in [0.2, 0.25) is 0 Å². The topological polar surface area (TPSA) is 12.0 Å². The van der Waals surface area contributed by atoms with Crippen LogP contribution in [0.3, 0.4) is 0 Å². The molecule has 0 saturated carbocycles. The van der Waals surface area contributed by atoms with Gasteiger partial charge in [-0.2, -0.15) is 11.8 Å². The maximum atomic E-state index is 13.1. The third kappa shape index (κ3) is 2.19. The Morgan fingerprint density at radius 2 is 2.11 bits per heavy atom. The summed E-state index contributed by atoms with van der Waals surface area (Å²) in [7, 11) is 0. The number of rotatable bonds is 1. The first-order valence-electron chi connectivity index (χ1n) is 6.77. The van der Waals surface area contributed by atoms with Crippen LogP contribution >= 0.6 is 11.8 Å². The molecule has 1 aromatic rings. The molecule has 18 heavy (non-hydrogen) atoms. The van der Waals surface area contributed by atoms with Gasteiger partial charge in [-0.05, 0) is 48.3 Å². The Hall–Kier alpha value is -0.540. The highest BCUT2D eigenvalue weighted by Gasteiger charge is 2.46. The highest BCUT2D eigenvalue weighted by atomic mass is 32.2. The quantitative estimate of drug-likeness (QED) is 0.835. The molecule has 1 spiro atoms. The summed E-state index contributed by atoms with van der Waals surface area (Å²) >= 11 is 2.10. The Morgan fingerprint density at radius 3 is 2.78 bits per heavy atom. The minimum absolute atomic E-state index is 0.134. The second kappa shape index (κ2) is 4.86. The van der Waals surface area contributed by atoms with Crippen LogP contribution in [0, 0.1) is 11.2 Å². The number of hydrogen-bond acceptors (Lipinski definition) is 2. The van der Waals surface area contributed by atoms with Gasteiger partial charge in [0.25, 0.3) is 0 Å². The maximum absolute atomic E-state index is 13.1. The zero-order valence-electron chi connectivity index (χ0n) is 10.8. The molecule has 0 aromatic heterocycles. The molecule has 0 bridgehead atoms. The van der Waals surface area contributed by atoms with Crippen LogP contribution in [-0.4, -0.2) is 24.1 Å². The zero-order chi connectivity index (χ0) is 12.6. The Morgan fingerprint density at radius 1 is 1.33 bits per heavy atom. The molecule has 2 saturated heterocycles. The number of halogens is 1. The van der Waals surface area contributed by atoms with E-state index >= 15 is 0 Å². The average molecular weight is 265 g/mol. The lowest BCUT2D eigenvalue weighted by Crippen LogP contribution is -2.44. The van der Waals surface area contributed by atoms with Gasteiger partial charge in [0.2, 0.25) is 0 Å². The SMILES string of the molecule is CC1CC2(CCNCC2c2ccc(F)cc2)CS1. The van der Waals surface area contributed by atoms with E-state index in [4.69, 9.17) is 0 Å². The van der Waals surface area contributed by atoms with Crippen LogP contribution in [0.5, 0.6) is 0 Å². The van der Waals surface area contributed by atoms with Crippen molar-refractivity contribution in [3.05, 3.63) is 35.6 Å². The smallest absolute Gasteiger partial charge is 0.123 e. The van der Waals surface area contributed by atoms with Gasteiger partial charge in [-0.1, -0.05) is 19.1 Å². The summed E-state index contributed by atoms with van der Waals surface area (Å²) in [6, 6.07) is 7.15. The average Bonchev–Trinajstić information content (AvgIpc) is 2.73. The number of piperidine rings is 1. The van der Waals surface area contributed by atoms with Gasteiger partial charge in [0, 0.05) is 17.7 Å². The largest absolute Gasteiger partial charge is 0.316 e. The molecular weight excluding hydrogens is 245 g/mol. The standard InChI is InChI=1S/C15H20FNS/c1-11-8-15(10-18-11)6-7-17-9-14(15)12-2-4-13(16)5-3-12/h2-5,11,14,17H,6-10H2,1H3.